The second-order valence-corrected chi connectivity index (χ2v) is 4.74. The second-order valence-electron chi connectivity index (χ2n) is 4.74. The maximum Gasteiger partial charge on any atom is 0.218 e. The van der Waals surface area contributed by atoms with E-state index in [1.165, 1.54) is 0 Å². The van der Waals surface area contributed by atoms with E-state index in [0.29, 0.717) is 17.1 Å². The number of para-hydroxylation sites is 1. The zero-order valence-electron chi connectivity index (χ0n) is 11.8. The van der Waals surface area contributed by atoms with Crippen LogP contribution in [-0.4, -0.2) is 17.2 Å². The lowest BCUT2D eigenvalue weighted by atomic mass is 10.1. The molecule has 0 radical (unpaired) electrons. The number of rotatable bonds is 3. The molecule has 0 unspecified atom stereocenters. The van der Waals surface area contributed by atoms with Crippen molar-refractivity contribution in [2.45, 2.75) is 6.92 Å². The molecule has 0 amide bonds. The van der Waals surface area contributed by atoms with Crippen molar-refractivity contribution in [3.63, 3.8) is 0 Å². The third kappa shape index (κ3) is 2.45. The number of methoxy groups -OCH3 is 1. The van der Waals surface area contributed by atoms with Gasteiger partial charge in [-0.2, -0.15) is 0 Å². The largest absolute Gasteiger partial charge is 0.494 e. The number of hydrogen-bond donors (Lipinski definition) is 2. The van der Waals surface area contributed by atoms with Crippen molar-refractivity contribution in [2.24, 2.45) is 10.2 Å². The molecule has 1 heterocycles. The zero-order valence-corrected chi connectivity index (χ0v) is 11.8. The number of aromatic amines is 1. The highest BCUT2D eigenvalue weighted by Gasteiger charge is 2.10. The van der Waals surface area contributed by atoms with Crippen molar-refractivity contribution in [1.29, 1.82) is 0 Å². The summed E-state index contributed by atoms with van der Waals surface area (Å²) in [5.74, 6) is 0.644. The standard InChI is InChI=1S/C16H15N3O2/c1-10-7-8-12-11(9-10)15(16(20)17-12)19-18-13-5-3-4-6-14(13)21-2/h3-9,17,20H,1-2H3. The first-order valence-electron chi connectivity index (χ1n) is 6.55. The van der Waals surface area contributed by atoms with Crippen LogP contribution in [0.3, 0.4) is 0 Å². The number of aromatic hydroxyl groups is 1. The number of fused-ring (bicyclic) bond motifs is 1. The van der Waals surface area contributed by atoms with Gasteiger partial charge < -0.3 is 14.8 Å². The van der Waals surface area contributed by atoms with Crippen molar-refractivity contribution in [3.8, 4) is 11.6 Å². The van der Waals surface area contributed by atoms with Crippen LogP contribution in [0.25, 0.3) is 10.9 Å². The van der Waals surface area contributed by atoms with Gasteiger partial charge in [0.25, 0.3) is 0 Å². The Labute approximate surface area is 121 Å². The van der Waals surface area contributed by atoms with Gasteiger partial charge in [-0.25, -0.2) is 0 Å². The average Bonchev–Trinajstić information content (AvgIpc) is 2.80. The summed E-state index contributed by atoms with van der Waals surface area (Å²) in [6.45, 7) is 1.99. The summed E-state index contributed by atoms with van der Waals surface area (Å²) < 4.78 is 5.23. The molecule has 3 aromatic rings. The Hall–Kier alpha value is -2.82. The van der Waals surface area contributed by atoms with Crippen molar-refractivity contribution < 1.29 is 9.84 Å². The van der Waals surface area contributed by atoms with Crippen LogP contribution < -0.4 is 4.74 Å². The van der Waals surface area contributed by atoms with E-state index in [-0.39, 0.29) is 5.88 Å². The fourth-order valence-corrected chi connectivity index (χ4v) is 2.19. The molecule has 5 nitrogen and oxygen atoms in total. The molecule has 0 aliphatic rings. The van der Waals surface area contributed by atoms with Crippen LogP contribution in [0.4, 0.5) is 11.4 Å². The molecule has 2 N–H and O–H groups in total. The molecule has 0 saturated heterocycles. The zero-order chi connectivity index (χ0) is 14.8. The lowest BCUT2D eigenvalue weighted by molar-refractivity contribution is 0.416. The predicted molar refractivity (Wildman–Crippen MR) is 81.9 cm³/mol. The summed E-state index contributed by atoms with van der Waals surface area (Å²) in [6.07, 6.45) is 0. The number of ether oxygens (including phenoxy) is 1. The lowest BCUT2D eigenvalue weighted by Crippen LogP contribution is -1.81. The van der Waals surface area contributed by atoms with E-state index in [2.05, 4.69) is 15.2 Å². The minimum atomic E-state index is 0.00856. The van der Waals surface area contributed by atoms with Crippen LogP contribution in [0.5, 0.6) is 11.6 Å². The van der Waals surface area contributed by atoms with Gasteiger partial charge in [0.15, 0.2) is 5.69 Å². The highest BCUT2D eigenvalue weighted by Crippen LogP contribution is 2.37. The Kier molecular flexibility index (Phi) is 3.31. The molecule has 0 saturated carbocycles. The lowest BCUT2D eigenvalue weighted by Gasteiger charge is -2.01. The Morgan fingerprint density at radius 1 is 1.10 bits per heavy atom. The summed E-state index contributed by atoms with van der Waals surface area (Å²) >= 11 is 0. The van der Waals surface area contributed by atoms with Crippen LogP contribution in [0.2, 0.25) is 0 Å². The van der Waals surface area contributed by atoms with Crippen molar-refractivity contribution in [3.05, 3.63) is 48.0 Å². The summed E-state index contributed by atoms with van der Waals surface area (Å²) in [4.78, 5) is 2.89. The van der Waals surface area contributed by atoms with E-state index in [1.54, 1.807) is 13.2 Å². The Morgan fingerprint density at radius 2 is 1.90 bits per heavy atom. The molecule has 3 rings (SSSR count). The Morgan fingerprint density at radius 3 is 2.71 bits per heavy atom. The van der Waals surface area contributed by atoms with Crippen molar-refractivity contribution in [2.75, 3.05) is 7.11 Å². The Balaban J connectivity index is 2.07. The molecular weight excluding hydrogens is 266 g/mol. The fourth-order valence-electron chi connectivity index (χ4n) is 2.19. The second kappa shape index (κ2) is 5.28. The first-order valence-corrected chi connectivity index (χ1v) is 6.55. The van der Waals surface area contributed by atoms with E-state index in [0.717, 1.165) is 16.5 Å². The number of aryl methyl sites for hydroxylation is 1. The first kappa shape index (κ1) is 13.2. The minimum absolute atomic E-state index is 0.00856. The van der Waals surface area contributed by atoms with E-state index in [9.17, 15) is 5.11 Å². The minimum Gasteiger partial charge on any atom is -0.494 e. The van der Waals surface area contributed by atoms with Gasteiger partial charge >= 0.3 is 0 Å². The van der Waals surface area contributed by atoms with Crippen LogP contribution in [-0.2, 0) is 0 Å². The van der Waals surface area contributed by atoms with Crippen LogP contribution in [0.1, 0.15) is 5.56 Å². The fraction of sp³-hybridized carbons (Fsp3) is 0.125. The number of aromatic nitrogens is 1. The third-order valence-corrected chi connectivity index (χ3v) is 3.25. The maximum atomic E-state index is 9.99. The monoisotopic (exact) mass is 281 g/mol. The SMILES string of the molecule is COc1ccccc1N=Nc1c(O)[nH]c2ccc(C)cc12. The molecule has 2 aromatic carbocycles. The Bertz CT molecular complexity index is 822. The van der Waals surface area contributed by atoms with Gasteiger partial charge in [0.1, 0.15) is 11.4 Å². The molecular formula is C16H15N3O2. The van der Waals surface area contributed by atoms with Crippen LogP contribution in [0.15, 0.2) is 52.7 Å². The van der Waals surface area contributed by atoms with Gasteiger partial charge in [0, 0.05) is 5.39 Å². The van der Waals surface area contributed by atoms with Gasteiger partial charge in [0.2, 0.25) is 5.88 Å². The van der Waals surface area contributed by atoms with E-state index in [1.807, 2.05) is 43.3 Å². The number of nitrogens with one attached hydrogen (secondary N) is 1. The topological polar surface area (TPSA) is 70.0 Å². The van der Waals surface area contributed by atoms with E-state index in [4.69, 9.17) is 4.74 Å². The van der Waals surface area contributed by atoms with Gasteiger partial charge in [-0.3, -0.25) is 0 Å². The average molecular weight is 281 g/mol. The molecule has 5 heteroatoms. The molecule has 0 aliphatic heterocycles. The first-order chi connectivity index (χ1) is 10.2. The summed E-state index contributed by atoms with van der Waals surface area (Å²) in [7, 11) is 1.58. The van der Waals surface area contributed by atoms with Crippen LogP contribution >= 0.6 is 0 Å². The number of nitrogens with zero attached hydrogens (tertiary/aromatic N) is 2. The number of H-pyrrole nitrogens is 1. The summed E-state index contributed by atoms with van der Waals surface area (Å²) in [6, 6.07) is 13.2. The molecule has 0 atom stereocenters. The smallest absolute Gasteiger partial charge is 0.218 e. The molecule has 1 aromatic heterocycles. The summed E-state index contributed by atoms with van der Waals surface area (Å²) in [5.41, 5.74) is 2.96. The molecule has 0 bridgehead atoms. The van der Waals surface area contributed by atoms with E-state index < -0.39 is 0 Å². The molecule has 106 valence electrons. The number of hydrogen-bond acceptors (Lipinski definition) is 4. The molecule has 0 spiro atoms. The van der Waals surface area contributed by atoms with Crippen LogP contribution in [0, 0.1) is 6.92 Å². The number of benzene rings is 2. The maximum absolute atomic E-state index is 9.99. The molecule has 0 fully saturated rings. The normalized spacial score (nSPS) is 11.3. The predicted octanol–water partition coefficient (Wildman–Crippen LogP) is 4.61. The highest BCUT2D eigenvalue weighted by molar-refractivity contribution is 5.94. The summed E-state index contributed by atoms with van der Waals surface area (Å²) in [5, 5.41) is 19.2. The van der Waals surface area contributed by atoms with Gasteiger partial charge in [-0.15, -0.1) is 10.2 Å². The van der Waals surface area contributed by atoms with Crippen molar-refractivity contribution in [1.82, 2.24) is 4.98 Å². The molecule has 21 heavy (non-hydrogen) atoms. The number of azo groups is 1. The highest BCUT2D eigenvalue weighted by atomic mass is 16.5. The third-order valence-electron chi connectivity index (χ3n) is 3.25. The van der Waals surface area contributed by atoms with Gasteiger partial charge in [-0.1, -0.05) is 23.8 Å². The van der Waals surface area contributed by atoms with Gasteiger partial charge in [-0.05, 0) is 31.2 Å². The van der Waals surface area contributed by atoms with E-state index >= 15 is 0 Å². The van der Waals surface area contributed by atoms with Gasteiger partial charge in [0.05, 0.1) is 12.6 Å². The van der Waals surface area contributed by atoms with Crippen molar-refractivity contribution >= 4 is 22.3 Å². The molecule has 0 aliphatic carbocycles. The quantitative estimate of drug-likeness (QED) is 0.688.